The van der Waals surface area contributed by atoms with Crippen molar-refractivity contribution in [1.29, 1.82) is 0 Å². The second-order valence-corrected chi connectivity index (χ2v) is 5.64. The van der Waals surface area contributed by atoms with E-state index in [-0.39, 0.29) is 10.7 Å². The Morgan fingerprint density at radius 3 is 2.35 bits per heavy atom. The maximum atomic E-state index is 11.1. The normalized spacial score (nSPS) is 10.4. The predicted octanol–water partition coefficient (Wildman–Crippen LogP) is 4.37. The molecule has 0 amide bonds. The number of nitrogens with zero attached hydrogens (tertiary/aromatic N) is 2. The highest BCUT2D eigenvalue weighted by Crippen LogP contribution is 2.28. The molecule has 1 aromatic heterocycles. The summed E-state index contributed by atoms with van der Waals surface area (Å²) in [5.41, 5.74) is 3.30. The van der Waals surface area contributed by atoms with E-state index in [1.54, 1.807) is 6.92 Å². The predicted molar refractivity (Wildman–Crippen MR) is 84.1 cm³/mol. The molecule has 0 spiro atoms. The summed E-state index contributed by atoms with van der Waals surface area (Å²) >= 11 is 9.48. The number of hydrogen-bond acceptors (Lipinski definition) is 4. The molecule has 1 aromatic carbocycles. The fourth-order valence-corrected chi connectivity index (χ4v) is 2.39. The number of nitrogens with one attached hydrogen (secondary N) is 1. The van der Waals surface area contributed by atoms with Gasteiger partial charge < -0.3 is 5.32 Å². The topological polar surface area (TPSA) is 54.9 Å². The standard InChI is InChI=1S/C14H13BrClN3O/c1-7-4-10(5-8(2)12(7)15)19-14-11(6-20)13(16)17-9(3)18-14/h4-6H,1-3H3,(H,17,18,19). The minimum absolute atomic E-state index is 0.153. The summed E-state index contributed by atoms with van der Waals surface area (Å²) in [6.07, 6.45) is 0.655. The fourth-order valence-electron chi connectivity index (χ4n) is 1.90. The van der Waals surface area contributed by atoms with E-state index in [1.807, 2.05) is 26.0 Å². The number of carbonyl (C=O) groups excluding carboxylic acids is 1. The molecule has 4 nitrogen and oxygen atoms in total. The lowest BCUT2D eigenvalue weighted by molar-refractivity contribution is 0.112. The van der Waals surface area contributed by atoms with Crippen LogP contribution in [-0.2, 0) is 0 Å². The molecule has 104 valence electrons. The van der Waals surface area contributed by atoms with Gasteiger partial charge in [0.05, 0.1) is 5.56 Å². The summed E-state index contributed by atoms with van der Waals surface area (Å²) in [6, 6.07) is 3.94. The van der Waals surface area contributed by atoms with Crippen molar-refractivity contribution in [2.24, 2.45) is 0 Å². The lowest BCUT2D eigenvalue weighted by atomic mass is 10.1. The van der Waals surface area contributed by atoms with Gasteiger partial charge in [0.25, 0.3) is 0 Å². The molecular formula is C14H13BrClN3O. The van der Waals surface area contributed by atoms with Gasteiger partial charge in [0.1, 0.15) is 16.8 Å². The molecule has 0 saturated heterocycles. The van der Waals surface area contributed by atoms with Crippen LogP contribution in [0.1, 0.15) is 27.3 Å². The van der Waals surface area contributed by atoms with Crippen LogP contribution in [-0.4, -0.2) is 16.3 Å². The molecule has 0 radical (unpaired) electrons. The third-order valence-electron chi connectivity index (χ3n) is 2.83. The lowest BCUT2D eigenvalue weighted by Crippen LogP contribution is -2.03. The summed E-state index contributed by atoms with van der Waals surface area (Å²) in [6.45, 7) is 5.73. The molecule has 2 rings (SSSR count). The average molecular weight is 355 g/mol. The first-order valence-corrected chi connectivity index (χ1v) is 7.12. The number of carbonyl (C=O) groups is 1. The van der Waals surface area contributed by atoms with Gasteiger partial charge in [-0.15, -0.1) is 0 Å². The smallest absolute Gasteiger partial charge is 0.156 e. The molecule has 0 fully saturated rings. The maximum Gasteiger partial charge on any atom is 0.156 e. The van der Waals surface area contributed by atoms with Crippen molar-refractivity contribution in [2.45, 2.75) is 20.8 Å². The molecule has 0 aliphatic heterocycles. The number of halogens is 2. The zero-order chi connectivity index (χ0) is 14.9. The maximum absolute atomic E-state index is 11.1. The number of aromatic nitrogens is 2. The summed E-state index contributed by atoms with van der Waals surface area (Å²) in [4.78, 5) is 19.3. The first kappa shape index (κ1) is 14.9. The highest BCUT2D eigenvalue weighted by atomic mass is 79.9. The van der Waals surface area contributed by atoms with Crippen LogP contribution in [0.2, 0.25) is 5.15 Å². The fraction of sp³-hybridized carbons (Fsp3) is 0.214. The van der Waals surface area contributed by atoms with Crippen LogP contribution < -0.4 is 5.32 Å². The number of rotatable bonds is 3. The molecule has 0 aliphatic rings. The monoisotopic (exact) mass is 353 g/mol. The number of hydrogen-bond donors (Lipinski definition) is 1. The lowest BCUT2D eigenvalue weighted by Gasteiger charge is -2.12. The number of aryl methyl sites for hydroxylation is 3. The van der Waals surface area contributed by atoms with E-state index >= 15 is 0 Å². The van der Waals surface area contributed by atoms with E-state index in [4.69, 9.17) is 11.6 Å². The van der Waals surface area contributed by atoms with E-state index in [0.29, 0.717) is 17.9 Å². The summed E-state index contributed by atoms with van der Waals surface area (Å²) in [5.74, 6) is 0.923. The number of aldehydes is 1. The second kappa shape index (κ2) is 5.89. The van der Waals surface area contributed by atoms with E-state index in [0.717, 1.165) is 21.3 Å². The number of anilines is 2. The summed E-state index contributed by atoms with van der Waals surface area (Å²) in [7, 11) is 0. The van der Waals surface area contributed by atoms with E-state index in [9.17, 15) is 4.79 Å². The van der Waals surface area contributed by atoms with Gasteiger partial charge in [-0.3, -0.25) is 4.79 Å². The molecule has 2 aromatic rings. The van der Waals surface area contributed by atoms with Gasteiger partial charge in [-0.2, -0.15) is 0 Å². The Morgan fingerprint density at radius 2 is 1.80 bits per heavy atom. The Bertz CT molecular complexity index is 665. The van der Waals surface area contributed by atoms with Crippen molar-refractivity contribution in [1.82, 2.24) is 9.97 Å². The van der Waals surface area contributed by atoms with Crippen molar-refractivity contribution < 1.29 is 4.79 Å². The average Bonchev–Trinajstić information content (AvgIpc) is 2.35. The molecule has 0 bridgehead atoms. The van der Waals surface area contributed by atoms with Crippen molar-refractivity contribution in [3.8, 4) is 0 Å². The molecule has 0 saturated carbocycles. The minimum Gasteiger partial charge on any atom is -0.339 e. The van der Waals surface area contributed by atoms with Crippen LogP contribution in [0.15, 0.2) is 16.6 Å². The van der Waals surface area contributed by atoms with Gasteiger partial charge >= 0.3 is 0 Å². The summed E-state index contributed by atoms with van der Waals surface area (Å²) < 4.78 is 1.07. The molecule has 0 atom stereocenters. The van der Waals surface area contributed by atoms with Crippen molar-refractivity contribution >= 4 is 45.3 Å². The molecule has 6 heteroatoms. The van der Waals surface area contributed by atoms with Gasteiger partial charge in [-0.05, 0) is 44.0 Å². The number of benzene rings is 1. The van der Waals surface area contributed by atoms with Crippen molar-refractivity contribution in [3.63, 3.8) is 0 Å². The first-order chi connectivity index (χ1) is 9.42. The third kappa shape index (κ3) is 2.99. The van der Waals surface area contributed by atoms with Gasteiger partial charge in [0.15, 0.2) is 6.29 Å². The largest absolute Gasteiger partial charge is 0.339 e. The zero-order valence-electron chi connectivity index (χ0n) is 11.3. The van der Waals surface area contributed by atoms with E-state index in [1.165, 1.54) is 0 Å². The van der Waals surface area contributed by atoms with E-state index < -0.39 is 0 Å². The van der Waals surface area contributed by atoms with Crippen molar-refractivity contribution in [2.75, 3.05) is 5.32 Å². The third-order valence-corrected chi connectivity index (χ3v) is 4.37. The highest BCUT2D eigenvalue weighted by molar-refractivity contribution is 9.10. The van der Waals surface area contributed by atoms with Crippen LogP contribution in [0.3, 0.4) is 0 Å². The van der Waals surface area contributed by atoms with Crippen LogP contribution in [0, 0.1) is 20.8 Å². The molecule has 1 heterocycles. The Labute approximate surface area is 130 Å². The molecule has 0 aliphatic carbocycles. The quantitative estimate of drug-likeness (QED) is 0.656. The first-order valence-electron chi connectivity index (χ1n) is 5.95. The van der Waals surface area contributed by atoms with Crippen LogP contribution in [0.5, 0.6) is 0 Å². The highest BCUT2D eigenvalue weighted by Gasteiger charge is 2.12. The minimum atomic E-state index is 0.153. The van der Waals surface area contributed by atoms with Crippen LogP contribution >= 0.6 is 27.5 Å². The van der Waals surface area contributed by atoms with Crippen molar-refractivity contribution in [3.05, 3.63) is 44.3 Å². The van der Waals surface area contributed by atoms with Gasteiger partial charge in [-0.25, -0.2) is 9.97 Å². The van der Waals surface area contributed by atoms with Gasteiger partial charge in [-0.1, -0.05) is 27.5 Å². The molecule has 20 heavy (non-hydrogen) atoms. The van der Waals surface area contributed by atoms with Crippen LogP contribution in [0.4, 0.5) is 11.5 Å². The Kier molecular flexibility index (Phi) is 4.40. The van der Waals surface area contributed by atoms with E-state index in [2.05, 4.69) is 31.2 Å². The zero-order valence-corrected chi connectivity index (χ0v) is 13.6. The van der Waals surface area contributed by atoms with Crippen LogP contribution in [0.25, 0.3) is 0 Å². The van der Waals surface area contributed by atoms with Gasteiger partial charge in [0, 0.05) is 10.2 Å². The second-order valence-electron chi connectivity index (χ2n) is 4.49. The Balaban J connectivity index is 2.47. The SMILES string of the molecule is Cc1nc(Cl)c(C=O)c(Nc2cc(C)c(Br)c(C)c2)n1. The Morgan fingerprint density at radius 1 is 1.20 bits per heavy atom. The molecule has 0 unspecified atom stereocenters. The summed E-state index contributed by atoms with van der Waals surface area (Å²) in [5, 5.41) is 3.28. The molecular weight excluding hydrogens is 342 g/mol. The van der Waals surface area contributed by atoms with Gasteiger partial charge in [0.2, 0.25) is 0 Å². The Hall–Kier alpha value is -1.46. The molecule has 1 N–H and O–H groups in total.